The summed E-state index contributed by atoms with van der Waals surface area (Å²) in [4.78, 5) is 0. The summed E-state index contributed by atoms with van der Waals surface area (Å²) in [6, 6.07) is 7.64. The van der Waals surface area contributed by atoms with Crippen molar-refractivity contribution in [2.75, 3.05) is 13.2 Å². The first kappa shape index (κ1) is 19.2. The van der Waals surface area contributed by atoms with Crippen LogP contribution in [0, 0.1) is 0 Å². The van der Waals surface area contributed by atoms with Crippen LogP contribution in [0.2, 0.25) is 0 Å². The number of halogens is 6. The van der Waals surface area contributed by atoms with Crippen molar-refractivity contribution in [1.29, 1.82) is 0 Å². The highest BCUT2D eigenvalue weighted by atomic mass is 79.9. The van der Waals surface area contributed by atoms with Gasteiger partial charge in [0.15, 0.2) is 0 Å². The average molecular weight is 688 g/mol. The van der Waals surface area contributed by atoms with Crippen LogP contribution in [0.4, 0.5) is 0 Å². The zero-order chi connectivity index (χ0) is 16.3. The number of ether oxygens (including phenoxy) is 2. The molecule has 2 aromatic rings. The number of hydrogen-bond acceptors (Lipinski definition) is 2. The van der Waals surface area contributed by atoms with Crippen molar-refractivity contribution in [3.8, 4) is 11.5 Å². The standard InChI is InChI=1S/C14H8Br6O2/c15-7-1-3-9(13(19)11(7)17)21-5-6-22-10-4-2-8(16)12(18)14(10)20/h1-4H,5-6H2. The van der Waals surface area contributed by atoms with Crippen LogP contribution in [-0.2, 0) is 0 Å². The fraction of sp³-hybridized carbons (Fsp3) is 0.143. The Morgan fingerprint density at radius 2 is 0.909 bits per heavy atom. The SMILES string of the molecule is Brc1ccc(OCCOc2ccc(Br)c(Br)c2Br)c(Br)c1Br. The lowest BCUT2D eigenvalue weighted by Crippen LogP contribution is -2.09. The Kier molecular flexibility index (Phi) is 7.74. The van der Waals surface area contributed by atoms with Gasteiger partial charge in [-0.05, 0) is 120 Å². The maximum atomic E-state index is 5.73. The van der Waals surface area contributed by atoms with Gasteiger partial charge in [0.1, 0.15) is 24.7 Å². The van der Waals surface area contributed by atoms with Crippen LogP contribution in [0.3, 0.4) is 0 Å². The zero-order valence-corrected chi connectivity index (χ0v) is 20.3. The first-order valence-corrected chi connectivity index (χ1v) is 10.7. The molecule has 0 saturated heterocycles. The van der Waals surface area contributed by atoms with Crippen LogP contribution in [-0.4, -0.2) is 13.2 Å². The predicted octanol–water partition coefficient (Wildman–Crippen LogP) is 7.72. The highest BCUT2D eigenvalue weighted by Crippen LogP contribution is 2.39. The van der Waals surface area contributed by atoms with Crippen LogP contribution < -0.4 is 9.47 Å². The molecule has 2 nitrogen and oxygen atoms in total. The second-order valence-electron chi connectivity index (χ2n) is 4.04. The van der Waals surface area contributed by atoms with Crippen LogP contribution in [0.5, 0.6) is 11.5 Å². The van der Waals surface area contributed by atoms with Gasteiger partial charge in [-0.3, -0.25) is 0 Å². The lowest BCUT2D eigenvalue weighted by atomic mass is 10.3. The number of benzene rings is 2. The summed E-state index contributed by atoms with van der Waals surface area (Å²) in [7, 11) is 0. The summed E-state index contributed by atoms with van der Waals surface area (Å²) in [5.74, 6) is 1.52. The van der Waals surface area contributed by atoms with Crippen LogP contribution in [0.1, 0.15) is 0 Å². The van der Waals surface area contributed by atoms with Crippen molar-refractivity contribution in [2.24, 2.45) is 0 Å². The lowest BCUT2D eigenvalue weighted by Gasteiger charge is -2.13. The third-order valence-electron chi connectivity index (χ3n) is 2.60. The van der Waals surface area contributed by atoms with Gasteiger partial charge < -0.3 is 9.47 Å². The largest absolute Gasteiger partial charge is 0.489 e. The molecule has 0 heterocycles. The Bertz CT molecular complexity index is 630. The van der Waals surface area contributed by atoms with E-state index < -0.39 is 0 Å². The van der Waals surface area contributed by atoms with Gasteiger partial charge in [-0.2, -0.15) is 0 Å². The highest BCUT2D eigenvalue weighted by Gasteiger charge is 2.10. The minimum Gasteiger partial charge on any atom is -0.489 e. The molecule has 0 fully saturated rings. The van der Waals surface area contributed by atoms with Crippen molar-refractivity contribution in [3.63, 3.8) is 0 Å². The van der Waals surface area contributed by atoms with E-state index in [0.717, 1.165) is 38.3 Å². The molecular weight excluding hydrogens is 680 g/mol. The molecule has 0 unspecified atom stereocenters. The monoisotopic (exact) mass is 682 g/mol. The summed E-state index contributed by atoms with van der Waals surface area (Å²) in [6.07, 6.45) is 0. The first-order chi connectivity index (χ1) is 10.4. The van der Waals surface area contributed by atoms with E-state index in [1.165, 1.54) is 0 Å². The maximum absolute atomic E-state index is 5.73. The Morgan fingerprint density at radius 3 is 1.27 bits per heavy atom. The molecule has 0 radical (unpaired) electrons. The van der Waals surface area contributed by atoms with E-state index in [1.807, 2.05) is 24.3 Å². The Balaban J connectivity index is 1.93. The summed E-state index contributed by atoms with van der Waals surface area (Å²) < 4.78 is 17.0. The highest BCUT2D eigenvalue weighted by molar-refractivity contribution is 9.15. The van der Waals surface area contributed by atoms with E-state index in [0.29, 0.717) is 13.2 Å². The van der Waals surface area contributed by atoms with Crippen LogP contribution in [0.15, 0.2) is 51.1 Å². The smallest absolute Gasteiger partial charge is 0.134 e. The summed E-state index contributed by atoms with van der Waals surface area (Å²) >= 11 is 20.8. The molecule has 0 atom stereocenters. The molecule has 0 aromatic heterocycles. The lowest BCUT2D eigenvalue weighted by molar-refractivity contribution is 0.215. The van der Waals surface area contributed by atoms with E-state index >= 15 is 0 Å². The molecule has 0 spiro atoms. The Hall–Kier alpha value is 0.920. The third kappa shape index (κ3) is 4.72. The van der Waals surface area contributed by atoms with Crippen LogP contribution in [0.25, 0.3) is 0 Å². The zero-order valence-electron chi connectivity index (χ0n) is 10.8. The van der Waals surface area contributed by atoms with E-state index in [-0.39, 0.29) is 0 Å². The van der Waals surface area contributed by atoms with Gasteiger partial charge in [0.25, 0.3) is 0 Å². The van der Waals surface area contributed by atoms with Crippen molar-refractivity contribution in [3.05, 3.63) is 51.1 Å². The second kappa shape index (κ2) is 8.85. The number of rotatable bonds is 5. The van der Waals surface area contributed by atoms with E-state index in [1.54, 1.807) is 0 Å². The molecule has 0 saturated carbocycles. The van der Waals surface area contributed by atoms with Crippen molar-refractivity contribution in [1.82, 2.24) is 0 Å². The van der Waals surface area contributed by atoms with Gasteiger partial charge in [0.2, 0.25) is 0 Å². The normalized spacial score (nSPS) is 10.6. The molecule has 0 aliphatic carbocycles. The molecule has 0 amide bonds. The molecule has 0 aliphatic heterocycles. The Labute approximate surface area is 179 Å². The van der Waals surface area contributed by atoms with Gasteiger partial charge in [-0.25, -0.2) is 0 Å². The van der Waals surface area contributed by atoms with Crippen molar-refractivity contribution in [2.45, 2.75) is 0 Å². The van der Waals surface area contributed by atoms with E-state index in [9.17, 15) is 0 Å². The van der Waals surface area contributed by atoms with Crippen molar-refractivity contribution >= 4 is 95.6 Å². The fourth-order valence-corrected chi connectivity index (χ4v) is 4.31. The molecule has 8 heteroatoms. The van der Waals surface area contributed by atoms with E-state index in [4.69, 9.17) is 9.47 Å². The minimum atomic E-state index is 0.437. The fourth-order valence-electron chi connectivity index (χ4n) is 1.54. The van der Waals surface area contributed by atoms with Crippen molar-refractivity contribution < 1.29 is 9.47 Å². The van der Waals surface area contributed by atoms with Gasteiger partial charge in [0, 0.05) is 17.9 Å². The molecular formula is C14H8Br6O2. The molecule has 22 heavy (non-hydrogen) atoms. The van der Waals surface area contributed by atoms with Gasteiger partial charge in [-0.1, -0.05) is 0 Å². The first-order valence-electron chi connectivity index (χ1n) is 5.94. The van der Waals surface area contributed by atoms with E-state index in [2.05, 4.69) is 95.6 Å². The average Bonchev–Trinajstić information content (AvgIpc) is 2.50. The molecule has 2 aromatic carbocycles. The summed E-state index contributed by atoms with van der Waals surface area (Å²) in [6.45, 7) is 0.875. The second-order valence-corrected chi connectivity index (χ2v) is 8.92. The predicted molar refractivity (Wildman–Crippen MR) is 110 cm³/mol. The number of hydrogen-bond donors (Lipinski definition) is 0. The molecule has 0 N–H and O–H groups in total. The molecule has 0 aliphatic rings. The summed E-state index contributed by atoms with van der Waals surface area (Å²) in [5.41, 5.74) is 0. The van der Waals surface area contributed by atoms with Gasteiger partial charge >= 0.3 is 0 Å². The minimum absolute atomic E-state index is 0.437. The quantitative estimate of drug-likeness (QED) is 0.237. The summed E-state index contributed by atoms with van der Waals surface area (Å²) in [5, 5.41) is 0. The molecule has 0 bridgehead atoms. The third-order valence-corrected chi connectivity index (χ3v) is 9.27. The van der Waals surface area contributed by atoms with Gasteiger partial charge in [-0.15, -0.1) is 0 Å². The van der Waals surface area contributed by atoms with Crippen LogP contribution >= 0.6 is 95.6 Å². The topological polar surface area (TPSA) is 18.5 Å². The molecule has 2 rings (SSSR count). The van der Waals surface area contributed by atoms with Gasteiger partial charge in [0.05, 0.1) is 8.95 Å². The molecule has 118 valence electrons. The maximum Gasteiger partial charge on any atom is 0.134 e. The Morgan fingerprint density at radius 1 is 0.545 bits per heavy atom.